The average molecular weight is 378 g/mol. The molecule has 2 aromatic carbocycles. The van der Waals surface area contributed by atoms with Crippen molar-refractivity contribution in [3.63, 3.8) is 0 Å². The van der Waals surface area contributed by atoms with Crippen LogP contribution in [0.5, 0.6) is 17.2 Å². The second-order valence-electron chi connectivity index (χ2n) is 6.86. The second-order valence-corrected chi connectivity index (χ2v) is 6.86. The number of hydrogen-bond acceptors (Lipinski definition) is 5. The van der Waals surface area contributed by atoms with Crippen molar-refractivity contribution in [1.82, 2.24) is 9.88 Å². The first kappa shape index (κ1) is 18.1. The van der Waals surface area contributed by atoms with Gasteiger partial charge in [0.1, 0.15) is 12.4 Å². The van der Waals surface area contributed by atoms with E-state index in [1.165, 1.54) is 0 Å². The highest BCUT2D eigenvalue weighted by Crippen LogP contribution is 2.31. The maximum atomic E-state index is 13.0. The van der Waals surface area contributed by atoms with Crippen LogP contribution in [0.4, 0.5) is 0 Å². The van der Waals surface area contributed by atoms with Gasteiger partial charge in [0, 0.05) is 12.4 Å². The molecule has 1 atom stereocenters. The smallest absolute Gasteiger partial charge is 0.255 e. The molecule has 0 radical (unpaired) electrons. The fraction of sp³-hybridized carbons (Fsp3) is 0.273. The molecule has 1 aliphatic rings. The van der Waals surface area contributed by atoms with Crippen molar-refractivity contribution < 1.29 is 19.0 Å². The quantitative estimate of drug-likeness (QED) is 0.696. The Kier molecular flexibility index (Phi) is 4.77. The number of amides is 1. The van der Waals surface area contributed by atoms with E-state index < -0.39 is 0 Å². The number of hydrogen-bond donors (Lipinski definition) is 0. The summed E-state index contributed by atoms with van der Waals surface area (Å²) in [6.07, 6.45) is -0.224. The van der Waals surface area contributed by atoms with Crippen molar-refractivity contribution in [3.05, 3.63) is 59.8 Å². The van der Waals surface area contributed by atoms with Crippen molar-refractivity contribution in [2.75, 3.05) is 27.3 Å². The summed E-state index contributed by atoms with van der Waals surface area (Å²) in [7, 11) is 3.38. The minimum atomic E-state index is -0.224. The van der Waals surface area contributed by atoms with E-state index in [1.807, 2.05) is 55.5 Å². The molecule has 1 amide bonds. The minimum Gasteiger partial charge on any atom is -0.497 e. The molecular formula is C22H22N2O4. The highest BCUT2D eigenvalue weighted by atomic mass is 16.6. The van der Waals surface area contributed by atoms with Crippen LogP contribution in [0.15, 0.2) is 48.5 Å². The van der Waals surface area contributed by atoms with E-state index in [0.29, 0.717) is 30.2 Å². The number of aromatic nitrogens is 1. The van der Waals surface area contributed by atoms with Crippen molar-refractivity contribution in [3.8, 4) is 17.2 Å². The second kappa shape index (κ2) is 7.38. The minimum absolute atomic E-state index is 0.0998. The van der Waals surface area contributed by atoms with E-state index in [9.17, 15) is 4.79 Å². The van der Waals surface area contributed by atoms with Crippen LogP contribution in [0, 0.1) is 6.92 Å². The topological polar surface area (TPSA) is 60.9 Å². The van der Waals surface area contributed by atoms with Crippen LogP contribution in [-0.4, -0.2) is 49.2 Å². The standard InChI is InChI=1S/C22H22N2O4/c1-14-18(11-15-10-16(26-3)8-9-19(15)23-14)22(25)24(2)12-17-13-27-20-6-4-5-7-21(20)28-17/h4-11,17H,12-13H2,1-3H3/t17-/m0/s1. The third-order valence-corrected chi connectivity index (χ3v) is 4.83. The van der Waals surface area contributed by atoms with Gasteiger partial charge < -0.3 is 19.1 Å². The van der Waals surface area contributed by atoms with Crippen molar-refractivity contribution in [1.29, 1.82) is 0 Å². The third kappa shape index (κ3) is 3.45. The highest BCUT2D eigenvalue weighted by molar-refractivity contribution is 5.98. The molecule has 0 spiro atoms. The Hall–Kier alpha value is -3.28. The number of benzene rings is 2. The normalized spacial score (nSPS) is 15.3. The first-order valence-corrected chi connectivity index (χ1v) is 9.14. The van der Waals surface area contributed by atoms with Crippen molar-refractivity contribution >= 4 is 16.8 Å². The van der Waals surface area contributed by atoms with Crippen LogP contribution < -0.4 is 14.2 Å². The Morgan fingerprint density at radius 3 is 2.79 bits per heavy atom. The summed E-state index contributed by atoms with van der Waals surface area (Å²) in [6, 6.07) is 15.1. The van der Waals surface area contributed by atoms with Gasteiger partial charge in [-0.05, 0) is 43.3 Å². The van der Waals surface area contributed by atoms with Crippen molar-refractivity contribution in [2.45, 2.75) is 13.0 Å². The number of ether oxygens (including phenoxy) is 3. The molecule has 6 nitrogen and oxygen atoms in total. The van der Waals surface area contributed by atoms with Gasteiger partial charge in [-0.15, -0.1) is 0 Å². The lowest BCUT2D eigenvalue weighted by atomic mass is 10.1. The summed E-state index contributed by atoms with van der Waals surface area (Å²) >= 11 is 0. The summed E-state index contributed by atoms with van der Waals surface area (Å²) < 4.78 is 17.0. The molecule has 144 valence electrons. The van der Waals surface area contributed by atoms with Gasteiger partial charge in [-0.25, -0.2) is 0 Å². The Bertz CT molecular complexity index is 1030. The molecule has 0 N–H and O–H groups in total. The lowest BCUT2D eigenvalue weighted by Crippen LogP contribution is -2.42. The van der Waals surface area contributed by atoms with Gasteiger partial charge in [0.05, 0.1) is 30.4 Å². The summed E-state index contributed by atoms with van der Waals surface area (Å²) in [5.74, 6) is 2.07. The van der Waals surface area contributed by atoms with Crippen molar-refractivity contribution in [2.24, 2.45) is 0 Å². The monoisotopic (exact) mass is 378 g/mol. The highest BCUT2D eigenvalue weighted by Gasteiger charge is 2.25. The predicted octanol–water partition coefficient (Wildman–Crippen LogP) is 3.46. The van der Waals surface area contributed by atoms with Crippen LogP contribution >= 0.6 is 0 Å². The van der Waals surface area contributed by atoms with Crippen LogP contribution in [0.3, 0.4) is 0 Å². The lowest BCUT2D eigenvalue weighted by Gasteiger charge is -2.29. The first-order valence-electron chi connectivity index (χ1n) is 9.14. The fourth-order valence-corrected chi connectivity index (χ4v) is 3.34. The lowest BCUT2D eigenvalue weighted by molar-refractivity contribution is 0.0520. The summed E-state index contributed by atoms with van der Waals surface area (Å²) in [5.41, 5.74) is 2.10. The van der Waals surface area contributed by atoms with E-state index in [2.05, 4.69) is 4.98 Å². The van der Waals surface area contributed by atoms with Gasteiger partial charge in [-0.3, -0.25) is 9.78 Å². The number of carbonyl (C=O) groups excluding carboxylic acids is 1. The zero-order valence-corrected chi connectivity index (χ0v) is 16.1. The Labute approximate surface area is 163 Å². The van der Waals surface area contributed by atoms with Gasteiger partial charge in [-0.2, -0.15) is 0 Å². The molecule has 0 saturated heterocycles. The average Bonchev–Trinajstić information content (AvgIpc) is 2.72. The van der Waals surface area contributed by atoms with Crippen LogP contribution in [0.25, 0.3) is 10.9 Å². The zero-order valence-electron chi connectivity index (χ0n) is 16.1. The van der Waals surface area contributed by atoms with E-state index in [1.54, 1.807) is 19.1 Å². The van der Waals surface area contributed by atoms with E-state index >= 15 is 0 Å². The number of aryl methyl sites for hydroxylation is 1. The molecule has 0 aliphatic carbocycles. The number of pyridine rings is 1. The zero-order chi connectivity index (χ0) is 19.7. The molecule has 0 fully saturated rings. The molecule has 2 heterocycles. The van der Waals surface area contributed by atoms with Crippen LogP contribution in [-0.2, 0) is 0 Å². The molecule has 0 saturated carbocycles. The maximum Gasteiger partial charge on any atom is 0.255 e. The van der Waals surface area contributed by atoms with Crippen LogP contribution in [0.2, 0.25) is 0 Å². The molecule has 6 heteroatoms. The molecule has 1 aromatic heterocycles. The Morgan fingerprint density at radius 1 is 1.21 bits per heavy atom. The predicted molar refractivity (Wildman–Crippen MR) is 106 cm³/mol. The SMILES string of the molecule is COc1ccc2nc(C)c(C(=O)N(C)C[C@H]3COc4ccccc4O3)cc2c1. The number of rotatable bonds is 4. The summed E-state index contributed by atoms with van der Waals surface area (Å²) in [6.45, 7) is 2.67. The number of carbonyl (C=O) groups is 1. The number of para-hydroxylation sites is 2. The van der Waals surface area contributed by atoms with E-state index in [0.717, 1.165) is 22.4 Å². The molecule has 0 bridgehead atoms. The number of nitrogens with zero attached hydrogens (tertiary/aromatic N) is 2. The Morgan fingerprint density at radius 2 is 2.00 bits per heavy atom. The molecule has 1 aliphatic heterocycles. The van der Waals surface area contributed by atoms with Gasteiger partial charge in [0.25, 0.3) is 5.91 Å². The largest absolute Gasteiger partial charge is 0.497 e. The summed E-state index contributed by atoms with van der Waals surface area (Å²) in [5, 5.41) is 0.868. The Balaban J connectivity index is 1.53. The number of fused-ring (bicyclic) bond motifs is 2. The van der Waals surface area contributed by atoms with Gasteiger partial charge >= 0.3 is 0 Å². The molecule has 4 rings (SSSR count). The number of methoxy groups -OCH3 is 1. The molecular weight excluding hydrogens is 356 g/mol. The number of likely N-dealkylation sites (N-methyl/N-ethyl adjacent to an activating group) is 1. The third-order valence-electron chi connectivity index (χ3n) is 4.83. The van der Waals surface area contributed by atoms with Gasteiger partial charge in [-0.1, -0.05) is 12.1 Å². The first-order chi connectivity index (χ1) is 13.5. The van der Waals surface area contributed by atoms with Gasteiger partial charge in [0.2, 0.25) is 0 Å². The molecule has 28 heavy (non-hydrogen) atoms. The fourth-order valence-electron chi connectivity index (χ4n) is 3.34. The molecule has 3 aromatic rings. The van der Waals surface area contributed by atoms with E-state index in [-0.39, 0.29) is 12.0 Å². The van der Waals surface area contributed by atoms with Gasteiger partial charge in [0.15, 0.2) is 17.6 Å². The summed E-state index contributed by atoms with van der Waals surface area (Å²) in [4.78, 5) is 19.3. The molecule has 0 unspecified atom stereocenters. The van der Waals surface area contributed by atoms with Crippen LogP contribution in [0.1, 0.15) is 16.1 Å². The van der Waals surface area contributed by atoms with E-state index in [4.69, 9.17) is 14.2 Å². The maximum absolute atomic E-state index is 13.0.